The molecule has 0 aliphatic carbocycles. The van der Waals surface area contributed by atoms with Crippen LogP contribution in [0, 0.1) is 0 Å². The highest BCUT2D eigenvalue weighted by Gasteiger charge is 2.26. The van der Waals surface area contributed by atoms with E-state index in [2.05, 4.69) is 25.5 Å². The van der Waals surface area contributed by atoms with Crippen molar-refractivity contribution in [1.82, 2.24) is 15.6 Å². The van der Waals surface area contributed by atoms with Gasteiger partial charge in [0.15, 0.2) is 5.96 Å². The van der Waals surface area contributed by atoms with Gasteiger partial charge >= 0.3 is 6.18 Å². The van der Waals surface area contributed by atoms with Crippen LogP contribution in [-0.4, -0.2) is 43.8 Å². The van der Waals surface area contributed by atoms with Gasteiger partial charge in [0.1, 0.15) is 5.82 Å². The third kappa shape index (κ3) is 7.10. The van der Waals surface area contributed by atoms with Crippen molar-refractivity contribution in [2.24, 2.45) is 4.99 Å². The van der Waals surface area contributed by atoms with Crippen LogP contribution in [0.4, 0.5) is 19.0 Å². The standard InChI is InChI=1S/C15H22F3N5.HI/c1-19-14(20-7-6-15(16,17)18)22-11-12-4-5-13(21-10-12)23-8-2-3-9-23;/h4-5,10H,2-3,6-9,11H2,1H3,(H2,19,20,22);1H. The lowest BCUT2D eigenvalue weighted by atomic mass is 10.3. The molecular formula is C15H23F3IN5. The van der Waals surface area contributed by atoms with Crippen molar-refractivity contribution in [2.45, 2.75) is 32.0 Å². The second-order valence-corrected chi connectivity index (χ2v) is 5.44. The van der Waals surface area contributed by atoms with E-state index < -0.39 is 12.6 Å². The number of aromatic nitrogens is 1. The fraction of sp³-hybridized carbons (Fsp3) is 0.600. The minimum atomic E-state index is -4.17. The summed E-state index contributed by atoms with van der Waals surface area (Å²) in [6, 6.07) is 3.94. The van der Waals surface area contributed by atoms with Gasteiger partial charge in [0.25, 0.3) is 0 Å². The largest absolute Gasteiger partial charge is 0.390 e. The number of nitrogens with zero attached hydrogens (tertiary/aromatic N) is 3. The number of aliphatic imine (C=N–C) groups is 1. The Kier molecular flexibility index (Phi) is 8.57. The molecule has 0 bridgehead atoms. The Bertz CT molecular complexity index is 513. The molecule has 136 valence electrons. The van der Waals surface area contributed by atoms with E-state index in [1.165, 1.54) is 19.9 Å². The molecule has 1 aliphatic rings. The minimum absolute atomic E-state index is 0. The van der Waals surface area contributed by atoms with Crippen molar-refractivity contribution in [3.05, 3.63) is 23.9 Å². The summed E-state index contributed by atoms with van der Waals surface area (Å²) >= 11 is 0. The van der Waals surface area contributed by atoms with Crippen LogP contribution in [0.25, 0.3) is 0 Å². The van der Waals surface area contributed by atoms with E-state index in [1.54, 1.807) is 6.20 Å². The lowest BCUT2D eigenvalue weighted by Gasteiger charge is -2.16. The summed E-state index contributed by atoms with van der Waals surface area (Å²) in [6.45, 7) is 2.34. The highest BCUT2D eigenvalue weighted by atomic mass is 127. The van der Waals surface area contributed by atoms with Gasteiger partial charge in [-0.1, -0.05) is 6.07 Å². The Morgan fingerprint density at radius 1 is 1.25 bits per heavy atom. The second kappa shape index (κ2) is 9.90. The van der Waals surface area contributed by atoms with E-state index >= 15 is 0 Å². The molecule has 5 nitrogen and oxygen atoms in total. The fourth-order valence-electron chi connectivity index (χ4n) is 2.38. The first-order chi connectivity index (χ1) is 11.0. The number of rotatable bonds is 5. The molecule has 1 saturated heterocycles. The van der Waals surface area contributed by atoms with Crippen LogP contribution in [0.3, 0.4) is 0 Å². The van der Waals surface area contributed by atoms with Crippen molar-refractivity contribution in [3.8, 4) is 0 Å². The van der Waals surface area contributed by atoms with Crippen LogP contribution < -0.4 is 15.5 Å². The van der Waals surface area contributed by atoms with Gasteiger partial charge in [-0.05, 0) is 24.5 Å². The van der Waals surface area contributed by atoms with Gasteiger partial charge in [-0.25, -0.2) is 4.98 Å². The average molecular weight is 457 g/mol. The monoisotopic (exact) mass is 457 g/mol. The van der Waals surface area contributed by atoms with Gasteiger partial charge in [0, 0.05) is 39.4 Å². The summed E-state index contributed by atoms with van der Waals surface area (Å²) in [6.07, 6.45) is -0.875. The smallest absolute Gasteiger partial charge is 0.357 e. The molecule has 1 fully saturated rings. The molecule has 0 aromatic carbocycles. The third-order valence-electron chi connectivity index (χ3n) is 3.62. The van der Waals surface area contributed by atoms with Crippen LogP contribution in [0.5, 0.6) is 0 Å². The Morgan fingerprint density at radius 2 is 1.96 bits per heavy atom. The van der Waals surface area contributed by atoms with Gasteiger partial charge < -0.3 is 15.5 Å². The van der Waals surface area contributed by atoms with Crippen LogP contribution >= 0.6 is 24.0 Å². The lowest BCUT2D eigenvalue weighted by molar-refractivity contribution is -0.132. The molecule has 0 unspecified atom stereocenters. The third-order valence-corrected chi connectivity index (χ3v) is 3.62. The highest BCUT2D eigenvalue weighted by molar-refractivity contribution is 14.0. The summed E-state index contributed by atoms with van der Waals surface area (Å²) in [7, 11) is 1.53. The highest BCUT2D eigenvalue weighted by Crippen LogP contribution is 2.18. The minimum Gasteiger partial charge on any atom is -0.357 e. The van der Waals surface area contributed by atoms with Crippen LogP contribution in [0.15, 0.2) is 23.3 Å². The summed E-state index contributed by atoms with van der Waals surface area (Å²) in [5.41, 5.74) is 0.951. The topological polar surface area (TPSA) is 52.6 Å². The van der Waals surface area contributed by atoms with E-state index in [1.807, 2.05) is 12.1 Å². The zero-order valence-electron chi connectivity index (χ0n) is 13.6. The van der Waals surface area contributed by atoms with Crippen molar-refractivity contribution in [2.75, 3.05) is 31.6 Å². The molecule has 1 aliphatic heterocycles. The molecule has 2 heterocycles. The number of alkyl halides is 3. The second-order valence-electron chi connectivity index (χ2n) is 5.44. The van der Waals surface area contributed by atoms with Gasteiger partial charge in [0.05, 0.1) is 6.42 Å². The van der Waals surface area contributed by atoms with E-state index in [0.29, 0.717) is 12.5 Å². The van der Waals surface area contributed by atoms with Gasteiger partial charge in [-0.3, -0.25) is 4.99 Å². The zero-order valence-corrected chi connectivity index (χ0v) is 15.9. The SMILES string of the molecule is CN=C(NCCC(F)(F)F)NCc1ccc(N2CCCC2)nc1.I. The molecule has 24 heavy (non-hydrogen) atoms. The normalized spacial score (nSPS) is 15.2. The number of guanidine groups is 1. The molecule has 2 N–H and O–H groups in total. The van der Waals surface area contributed by atoms with Crippen molar-refractivity contribution in [1.29, 1.82) is 0 Å². The molecule has 9 heteroatoms. The number of nitrogens with one attached hydrogen (secondary N) is 2. The van der Waals surface area contributed by atoms with Gasteiger partial charge in [-0.15, -0.1) is 24.0 Å². The molecule has 2 rings (SSSR count). The first-order valence-corrected chi connectivity index (χ1v) is 7.69. The van der Waals surface area contributed by atoms with E-state index in [9.17, 15) is 13.2 Å². The van der Waals surface area contributed by atoms with Crippen LogP contribution in [-0.2, 0) is 6.54 Å². The number of hydrogen-bond acceptors (Lipinski definition) is 3. The quantitative estimate of drug-likeness (QED) is 0.406. The molecule has 1 aromatic heterocycles. The lowest BCUT2D eigenvalue weighted by Crippen LogP contribution is -2.38. The Balaban J connectivity index is 0.00000288. The molecule has 0 radical (unpaired) electrons. The predicted octanol–water partition coefficient (Wildman–Crippen LogP) is 2.92. The zero-order chi connectivity index (χ0) is 16.7. The van der Waals surface area contributed by atoms with Gasteiger partial charge in [-0.2, -0.15) is 13.2 Å². The number of hydrogen-bond donors (Lipinski definition) is 2. The average Bonchev–Trinajstić information content (AvgIpc) is 3.04. The summed E-state index contributed by atoms with van der Waals surface area (Å²) in [4.78, 5) is 10.6. The molecule has 1 aromatic rings. The number of halogens is 4. The predicted molar refractivity (Wildman–Crippen MR) is 100.0 cm³/mol. The summed E-state index contributed by atoms with van der Waals surface area (Å²) in [5.74, 6) is 1.32. The Morgan fingerprint density at radius 3 is 2.50 bits per heavy atom. The summed E-state index contributed by atoms with van der Waals surface area (Å²) in [5, 5.41) is 5.62. The number of anilines is 1. The van der Waals surface area contributed by atoms with Crippen molar-refractivity contribution in [3.63, 3.8) is 0 Å². The molecule has 0 amide bonds. The van der Waals surface area contributed by atoms with E-state index in [-0.39, 0.29) is 30.5 Å². The Labute approximate surface area is 157 Å². The van der Waals surface area contributed by atoms with Gasteiger partial charge in [0.2, 0.25) is 0 Å². The number of pyridine rings is 1. The first-order valence-electron chi connectivity index (χ1n) is 7.69. The fourth-order valence-corrected chi connectivity index (χ4v) is 2.38. The maximum atomic E-state index is 12.1. The molecule has 0 spiro atoms. The van der Waals surface area contributed by atoms with Crippen LogP contribution in [0.1, 0.15) is 24.8 Å². The maximum absolute atomic E-state index is 12.1. The van der Waals surface area contributed by atoms with E-state index in [0.717, 1.165) is 24.5 Å². The maximum Gasteiger partial charge on any atom is 0.390 e. The van der Waals surface area contributed by atoms with Crippen LogP contribution in [0.2, 0.25) is 0 Å². The molecule has 0 saturated carbocycles. The summed E-state index contributed by atoms with van der Waals surface area (Å²) < 4.78 is 36.3. The Hall–Kier alpha value is -1.26. The van der Waals surface area contributed by atoms with Crippen molar-refractivity contribution >= 4 is 35.8 Å². The van der Waals surface area contributed by atoms with E-state index in [4.69, 9.17) is 0 Å². The molecular weight excluding hydrogens is 434 g/mol. The molecule has 0 atom stereocenters. The van der Waals surface area contributed by atoms with Crippen molar-refractivity contribution < 1.29 is 13.2 Å². The first kappa shape index (κ1) is 20.8.